The van der Waals surface area contributed by atoms with E-state index in [1.54, 1.807) is 49.4 Å². The number of anilines is 1. The summed E-state index contributed by atoms with van der Waals surface area (Å²) in [6.45, 7) is 3.79. The lowest BCUT2D eigenvalue weighted by Crippen LogP contribution is -2.54. The molecule has 1 N–H and O–H groups in total. The molecule has 1 saturated heterocycles. The average molecular weight is 509 g/mol. The van der Waals surface area contributed by atoms with E-state index in [0.29, 0.717) is 16.8 Å². The topological polar surface area (TPSA) is 84.9 Å². The summed E-state index contributed by atoms with van der Waals surface area (Å²) in [6.07, 6.45) is 1.32. The number of barbiturate groups is 1. The predicted molar refractivity (Wildman–Crippen MR) is 134 cm³/mol. The molecule has 1 aliphatic heterocycles. The minimum Gasteiger partial charge on any atom is -0.490 e. The molecule has 3 aromatic carbocycles. The van der Waals surface area contributed by atoms with Crippen LogP contribution in [0.15, 0.2) is 66.2 Å². The number of hydrogen-bond acceptors (Lipinski definition) is 5. The van der Waals surface area contributed by atoms with Gasteiger partial charge in [-0.15, -0.1) is 0 Å². The lowest BCUT2D eigenvalue weighted by atomic mass is 10.1. The van der Waals surface area contributed by atoms with Crippen LogP contribution in [-0.4, -0.2) is 24.5 Å². The lowest BCUT2D eigenvalue weighted by molar-refractivity contribution is -0.122. The van der Waals surface area contributed by atoms with E-state index in [1.165, 1.54) is 18.2 Å². The van der Waals surface area contributed by atoms with Crippen LogP contribution < -0.4 is 19.7 Å². The Morgan fingerprint density at radius 3 is 2.53 bits per heavy atom. The van der Waals surface area contributed by atoms with Crippen molar-refractivity contribution in [2.45, 2.75) is 20.5 Å². The second-order valence-electron chi connectivity index (χ2n) is 7.94. The maximum atomic E-state index is 14.0. The first kappa shape index (κ1) is 24.9. The molecule has 36 heavy (non-hydrogen) atoms. The van der Waals surface area contributed by atoms with Gasteiger partial charge in [-0.25, -0.2) is 14.1 Å². The number of rotatable bonds is 7. The number of amides is 4. The van der Waals surface area contributed by atoms with Gasteiger partial charge in [0.2, 0.25) is 0 Å². The largest absolute Gasteiger partial charge is 0.490 e. The normalized spacial score (nSPS) is 14.7. The maximum absolute atomic E-state index is 14.0. The summed E-state index contributed by atoms with van der Waals surface area (Å²) in [5.41, 5.74) is 1.64. The molecular weight excluding hydrogens is 487 g/mol. The Hall–Kier alpha value is -4.17. The molecule has 0 bridgehead atoms. The van der Waals surface area contributed by atoms with Gasteiger partial charge in [0.05, 0.1) is 17.3 Å². The van der Waals surface area contributed by atoms with Crippen molar-refractivity contribution in [3.63, 3.8) is 0 Å². The molecule has 0 aliphatic carbocycles. The SMILES string of the molecule is CCOc1cc(/C=C2\C(=O)NC(=O)N(c3cccc(C)c3)C2=O)cc(Cl)c1OCc1ccccc1F. The van der Waals surface area contributed by atoms with Crippen molar-refractivity contribution >= 4 is 41.2 Å². The van der Waals surface area contributed by atoms with Gasteiger partial charge in [-0.3, -0.25) is 14.9 Å². The van der Waals surface area contributed by atoms with Crippen molar-refractivity contribution in [1.29, 1.82) is 0 Å². The summed E-state index contributed by atoms with van der Waals surface area (Å²) in [5, 5.41) is 2.33. The first-order valence-corrected chi connectivity index (χ1v) is 11.5. The molecule has 1 aliphatic rings. The van der Waals surface area contributed by atoms with Crippen LogP contribution in [0, 0.1) is 12.7 Å². The number of imide groups is 2. The summed E-state index contributed by atoms with van der Waals surface area (Å²) < 4.78 is 25.4. The van der Waals surface area contributed by atoms with E-state index >= 15 is 0 Å². The highest BCUT2D eigenvalue weighted by atomic mass is 35.5. The number of carbonyl (C=O) groups is 3. The van der Waals surface area contributed by atoms with Gasteiger partial charge in [0, 0.05) is 5.56 Å². The summed E-state index contributed by atoms with van der Waals surface area (Å²) >= 11 is 6.45. The van der Waals surface area contributed by atoms with Crippen molar-refractivity contribution in [2.75, 3.05) is 11.5 Å². The third-order valence-electron chi connectivity index (χ3n) is 5.33. The molecule has 7 nitrogen and oxygen atoms in total. The summed E-state index contributed by atoms with van der Waals surface area (Å²) in [5.74, 6) is -1.57. The smallest absolute Gasteiger partial charge is 0.335 e. The third kappa shape index (κ3) is 5.23. The Morgan fingerprint density at radius 2 is 1.81 bits per heavy atom. The van der Waals surface area contributed by atoms with Crippen LogP contribution in [0.4, 0.5) is 14.9 Å². The molecule has 0 saturated carbocycles. The molecule has 0 atom stereocenters. The predicted octanol–water partition coefficient (Wildman–Crippen LogP) is 5.43. The summed E-state index contributed by atoms with van der Waals surface area (Å²) in [6, 6.07) is 15.2. The number of benzene rings is 3. The van der Waals surface area contributed by atoms with Gasteiger partial charge in [0.15, 0.2) is 11.5 Å². The molecule has 3 aromatic rings. The highest BCUT2D eigenvalue weighted by molar-refractivity contribution is 6.39. The molecule has 4 amide bonds. The van der Waals surface area contributed by atoms with Crippen molar-refractivity contribution in [2.24, 2.45) is 0 Å². The molecule has 9 heteroatoms. The van der Waals surface area contributed by atoms with Crippen LogP contribution in [0.1, 0.15) is 23.6 Å². The zero-order valence-corrected chi connectivity index (χ0v) is 20.3. The third-order valence-corrected chi connectivity index (χ3v) is 5.61. The Balaban J connectivity index is 1.67. The molecule has 1 fully saturated rings. The second kappa shape index (κ2) is 10.6. The molecule has 184 valence electrons. The van der Waals surface area contributed by atoms with Gasteiger partial charge < -0.3 is 9.47 Å². The van der Waals surface area contributed by atoms with E-state index in [4.69, 9.17) is 21.1 Å². The Morgan fingerprint density at radius 1 is 1.03 bits per heavy atom. The number of nitrogens with zero attached hydrogens (tertiary/aromatic N) is 1. The minimum atomic E-state index is -0.835. The molecule has 0 aromatic heterocycles. The van der Waals surface area contributed by atoms with Crippen molar-refractivity contribution < 1.29 is 28.2 Å². The van der Waals surface area contributed by atoms with E-state index in [9.17, 15) is 18.8 Å². The Bertz CT molecular complexity index is 1390. The van der Waals surface area contributed by atoms with Gasteiger partial charge in [-0.05, 0) is 61.4 Å². The summed E-state index contributed by atoms with van der Waals surface area (Å²) in [7, 11) is 0. The average Bonchev–Trinajstić information content (AvgIpc) is 2.82. The molecule has 4 rings (SSSR count). The quantitative estimate of drug-likeness (QED) is 0.340. The highest BCUT2D eigenvalue weighted by Crippen LogP contribution is 2.38. The standard InChI is InChI=1S/C27H22ClFN2O5/c1-3-35-23-14-17(13-21(28)24(23)36-15-18-8-4-5-10-22(18)29)12-20-25(32)30-27(34)31(26(20)33)19-9-6-7-16(2)11-19/h4-14H,3,15H2,1-2H3,(H,30,32,34)/b20-12+. The maximum Gasteiger partial charge on any atom is 0.335 e. The number of urea groups is 1. The van der Waals surface area contributed by atoms with Crippen LogP contribution in [0.3, 0.4) is 0 Å². The number of aryl methyl sites for hydroxylation is 1. The van der Waals surface area contributed by atoms with Crippen LogP contribution in [0.25, 0.3) is 6.08 Å². The number of nitrogens with one attached hydrogen (secondary N) is 1. The fourth-order valence-electron chi connectivity index (χ4n) is 3.67. The van der Waals surface area contributed by atoms with E-state index in [-0.39, 0.29) is 35.3 Å². The van der Waals surface area contributed by atoms with Crippen molar-refractivity contribution in [3.8, 4) is 11.5 Å². The van der Waals surface area contributed by atoms with Crippen LogP contribution in [0.2, 0.25) is 5.02 Å². The van der Waals surface area contributed by atoms with E-state index in [0.717, 1.165) is 10.5 Å². The van der Waals surface area contributed by atoms with Gasteiger partial charge in [0.1, 0.15) is 18.0 Å². The highest BCUT2D eigenvalue weighted by Gasteiger charge is 2.37. The minimum absolute atomic E-state index is 0.0820. The number of hydrogen-bond donors (Lipinski definition) is 1. The fraction of sp³-hybridized carbons (Fsp3) is 0.148. The van der Waals surface area contributed by atoms with Crippen LogP contribution in [-0.2, 0) is 16.2 Å². The number of ether oxygens (including phenoxy) is 2. The first-order chi connectivity index (χ1) is 17.3. The number of carbonyl (C=O) groups excluding carboxylic acids is 3. The monoisotopic (exact) mass is 508 g/mol. The Kier molecular flexibility index (Phi) is 7.36. The lowest BCUT2D eigenvalue weighted by Gasteiger charge is -2.26. The van der Waals surface area contributed by atoms with Crippen molar-refractivity contribution in [1.82, 2.24) is 5.32 Å². The summed E-state index contributed by atoms with van der Waals surface area (Å²) in [4.78, 5) is 39.0. The van der Waals surface area contributed by atoms with Gasteiger partial charge >= 0.3 is 6.03 Å². The zero-order chi connectivity index (χ0) is 25.8. The van der Waals surface area contributed by atoms with Gasteiger partial charge in [-0.1, -0.05) is 41.9 Å². The van der Waals surface area contributed by atoms with Crippen molar-refractivity contribution in [3.05, 3.63) is 93.8 Å². The first-order valence-electron chi connectivity index (χ1n) is 11.1. The molecule has 1 heterocycles. The molecule has 0 radical (unpaired) electrons. The van der Waals surface area contributed by atoms with E-state index in [1.807, 2.05) is 13.0 Å². The number of halogens is 2. The Labute approximate surface area is 212 Å². The van der Waals surface area contributed by atoms with Crippen LogP contribution in [0.5, 0.6) is 11.5 Å². The second-order valence-corrected chi connectivity index (χ2v) is 8.35. The molecule has 0 unspecified atom stereocenters. The van der Waals surface area contributed by atoms with E-state index in [2.05, 4.69) is 5.32 Å². The molecular formula is C27H22ClFN2O5. The molecule has 0 spiro atoms. The van der Waals surface area contributed by atoms with Gasteiger partial charge in [0.25, 0.3) is 11.8 Å². The zero-order valence-electron chi connectivity index (χ0n) is 19.5. The fourth-order valence-corrected chi connectivity index (χ4v) is 3.94. The van der Waals surface area contributed by atoms with Gasteiger partial charge in [-0.2, -0.15) is 0 Å². The van der Waals surface area contributed by atoms with Crippen LogP contribution >= 0.6 is 11.6 Å². The van der Waals surface area contributed by atoms with E-state index < -0.39 is 23.7 Å².